The maximum Gasteiger partial charge on any atom is 0.0958 e. The van der Waals surface area contributed by atoms with Crippen LogP contribution in [0.4, 0.5) is 0 Å². The lowest BCUT2D eigenvalue weighted by molar-refractivity contribution is 0.786. The molecule has 0 saturated carbocycles. The zero-order valence-corrected chi connectivity index (χ0v) is 8.12. The third kappa shape index (κ3) is 1.32. The summed E-state index contributed by atoms with van der Waals surface area (Å²) in [7, 11) is 0. The van der Waals surface area contributed by atoms with Crippen LogP contribution in [0.5, 0.6) is 0 Å². The van der Waals surface area contributed by atoms with E-state index in [-0.39, 0.29) is 0 Å². The second-order valence-corrected chi connectivity index (χ2v) is 3.21. The molecule has 0 bridgehead atoms. The third-order valence-electron chi connectivity index (χ3n) is 2.43. The molecule has 68 valence electrons. The Hall–Kier alpha value is -1.31. The molecule has 13 heavy (non-hydrogen) atoms. The number of nitrogens with zero attached hydrogens (tertiary/aromatic N) is 2. The molecule has 1 aromatic carbocycles. The monoisotopic (exact) mass is 174 g/mol. The Kier molecular flexibility index (Phi) is 2.05. The zero-order chi connectivity index (χ0) is 9.26. The first-order valence-corrected chi connectivity index (χ1v) is 4.79. The maximum absolute atomic E-state index is 4.33. The second-order valence-electron chi connectivity index (χ2n) is 3.21. The van der Waals surface area contributed by atoms with Gasteiger partial charge in [-0.25, -0.2) is 4.98 Å². The summed E-state index contributed by atoms with van der Waals surface area (Å²) in [6, 6.07) is 6.47. The van der Waals surface area contributed by atoms with E-state index in [1.165, 1.54) is 11.1 Å². The molecule has 1 heterocycles. The Morgan fingerprint density at radius 1 is 1.31 bits per heavy atom. The van der Waals surface area contributed by atoms with Gasteiger partial charge in [-0.05, 0) is 31.0 Å². The Balaban J connectivity index is 2.64. The molecule has 2 heteroatoms. The molecule has 0 fully saturated rings. The number of fused-ring (bicyclic) bond motifs is 1. The number of rotatable bonds is 2. The van der Waals surface area contributed by atoms with Gasteiger partial charge in [-0.3, -0.25) is 0 Å². The molecule has 0 spiro atoms. The molecule has 0 N–H and O–H groups in total. The van der Waals surface area contributed by atoms with Crippen LogP contribution in [0.3, 0.4) is 0 Å². The van der Waals surface area contributed by atoms with E-state index in [2.05, 4.69) is 41.6 Å². The fourth-order valence-electron chi connectivity index (χ4n) is 1.57. The van der Waals surface area contributed by atoms with E-state index in [4.69, 9.17) is 0 Å². The van der Waals surface area contributed by atoms with Crippen molar-refractivity contribution in [1.29, 1.82) is 0 Å². The van der Waals surface area contributed by atoms with Gasteiger partial charge in [0.05, 0.1) is 17.4 Å². The van der Waals surface area contributed by atoms with E-state index in [0.29, 0.717) is 0 Å². The SMILES string of the molecule is CCc1ccc2ncn(CC)c2c1. The highest BCUT2D eigenvalue weighted by Gasteiger charge is 2.00. The minimum absolute atomic E-state index is 0.990. The first-order chi connectivity index (χ1) is 6.35. The van der Waals surface area contributed by atoms with E-state index in [1.54, 1.807) is 0 Å². The van der Waals surface area contributed by atoms with Gasteiger partial charge in [-0.2, -0.15) is 0 Å². The van der Waals surface area contributed by atoms with E-state index in [9.17, 15) is 0 Å². The van der Waals surface area contributed by atoms with Crippen LogP contribution in [0.15, 0.2) is 24.5 Å². The van der Waals surface area contributed by atoms with Crippen molar-refractivity contribution < 1.29 is 0 Å². The summed E-state index contributed by atoms with van der Waals surface area (Å²) in [4.78, 5) is 4.33. The van der Waals surface area contributed by atoms with E-state index >= 15 is 0 Å². The van der Waals surface area contributed by atoms with Crippen molar-refractivity contribution in [2.24, 2.45) is 0 Å². The van der Waals surface area contributed by atoms with Crippen molar-refractivity contribution in [3.63, 3.8) is 0 Å². The maximum atomic E-state index is 4.33. The summed E-state index contributed by atoms with van der Waals surface area (Å²) in [5.74, 6) is 0. The normalized spacial score (nSPS) is 10.9. The molecule has 2 nitrogen and oxygen atoms in total. The number of hydrogen-bond acceptors (Lipinski definition) is 1. The van der Waals surface area contributed by atoms with Crippen LogP contribution in [-0.2, 0) is 13.0 Å². The highest BCUT2D eigenvalue weighted by atomic mass is 15.0. The topological polar surface area (TPSA) is 17.8 Å². The van der Waals surface area contributed by atoms with Crippen LogP contribution >= 0.6 is 0 Å². The zero-order valence-electron chi connectivity index (χ0n) is 8.12. The van der Waals surface area contributed by atoms with Gasteiger partial charge >= 0.3 is 0 Å². The van der Waals surface area contributed by atoms with Gasteiger partial charge in [0.25, 0.3) is 0 Å². The number of aryl methyl sites for hydroxylation is 2. The summed E-state index contributed by atoms with van der Waals surface area (Å²) < 4.78 is 2.18. The molecule has 2 aromatic rings. The largest absolute Gasteiger partial charge is 0.331 e. The molecule has 0 radical (unpaired) electrons. The Morgan fingerprint density at radius 3 is 2.85 bits per heavy atom. The van der Waals surface area contributed by atoms with Crippen molar-refractivity contribution in [1.82, 2.24) is 9.55 Å². The number of aromatic nitrogens is 2. The van der Waals surface area contributed by atoms with Crippen LogP contribution in [0.25, 0.3) is 11.0 Å². The predicted molar refractivity (Wildman–Crippen MR) is 54.8 cm³/mol. The summed E-state index contributed by atoms with van der Waals surface area (Å²) in [5, 5.41) is 0. The molecular formula is C11H14N2. The van der Waals surface area contributed by atoms with Crippen LogP contribution < -0.4 is 0 Å². The van der Waals surface area contributed by atoms with Gasteiger partial charge in [0, 0.05) is 6.54 Å². The average Bonchev–Trinajstić information content (AvgIpc) is 2.59. The quantitative estimate of drug-likeness (QED) is 0.684. The molecular weight excluding hydrogens is 160 g/mol. The average molecular weight is 174 g/mol. The van der Waals surface area contributed by atoms with Gasteiger partial charge in [0.1, 0.15) is 0 Å². The summed E-state index contributed by atoms with van der Waals surface area (Å²) in [6.45, 7) is 5.30. The van der Waals surface area contributed by atoms with Gasteiger partial charge in [-0.15, -0.1) is 0 Å². The van der Waals surface area contributed by atoms with Crippen LogP contribution in [0.2, 0.25) is 0 Å². The molecule has 0 aliphatic heterocycles. The highest BCUT2D eigenvalue weighted by Crippen LogP contribution is 2.15. The molecule has 0 unspecified atom stereocenters. The number of benzene rings is 1. The van der Waals surface area contributed by atoms with Crippen molar-refractivity contribution >= 4 is 11.0 Å². The lowest BCUT2D eigenvalue weighted by atomic mass is 10.1. The molecule has 1 aromatic heterocycles. The minimum atomic E-state index is 0.990. The van der Waals surface area contributed by atoms with E-state index in [0.717, 1.165) is 18.5 Å². The van der Waals surface area contributed by atoms with E-state index < -0.39 is 0 Å². The molecule has 0 saturated heterocycles. The Labute approximate surface area is 78.2 Å². The summed E-state index contributed by atoms with van der Waals surface area (Å²) in [5.41, 5.74) is 3.73. The van der Waals surface area contributed by atoms with Crippen molar-refractivity contribution in [2.75, 3.05) is 0 Å². The lowest BCUT2D eigenvalue weighted by Gasteiger charge is -2.00. The number of hydrogen-bond donors (Lipinski definition) is 0. The highest BCUT2D eigenvalue weighted by molar-refractivity contribution is 5.76. The first-order valence-electron chi connectivity index (χ1n) is 4.79. The molecule has 0 amide bonds. The Bertz CT molecular complexity index is 415. The standard InChI is InChI=1S/C11H14N2/c1-3-9-5-6-10-11(7-9)13(4-2)8-12-10/h5-8H,3-4H2,1-2H3. The van der Waals surface area contributed by atoms with Gasteiger partial charge in [-0.1, -0.05) is 13.0 Å². The van der Waals surface area contributed by atoms with Crippen LogP contribution in [-0.4, -0.2) is 9.55 Å². The molecule has 0 aliphatic rings. The fourth-order valence-corrected chi connectivity index (χ4v) is 1.57. The number of imidazole rings is 1. The smallest absolute Gasteiger partial charge is 0.0958 e. The van der Waals surface area contributed by atoms with Crippen molar-refractivity contribution in [3.05, 3.63) is 30.1 Å². The van der Waals surface area contributed by atoms with Gasteiger partial charge < -0.3 is 4.57 Å². The Morgan fingerprint density at radius 2 is 2.15 bits per heavy atom. The summed E-state index contributed by atoms with van der Waals surface area (Å²) >= 11 is 0. The lowest BCUT2D eigenvalue weighted by Crippen LogP contribution is -1.91. The molecule has 0 aliphatic carbocycles. The van der Waals surface area contributed by atoms with Gasteiger partial charge in [0.15, 0.2) is 0 Å². The van der Waals surface area contributed by atoms with Gasteiger partial charge in [0.2, 0.25) is 0 Å². The molecule has 2 rings (SSSR count). The first kappa shape index (κ1) is 8.30. The van der Waals surface area contributed by atoms with Crippen molar-refractivity contribution in [3.8, 4) is 0 Å². The third-order valence-corrected chi connectivity index (χ3v) is 2.43. The second kappa shape index (κ2) is 3.21. The van der Waals surface area contributed by atoms with Crippen LogP contribution in [0.1, 0.15) is 19.4 Å². The van der Waals surface area contributed by atoms with Crippen LogP contribution in [0, 0.1) is 0 Å². The van der Waals surface area contributed by atoms with Crippen molar-refractivity contribution in [2.45, 2.75) is 26.8 Å². The summed E-state index contributed by atoms with van der Waals surface area (Å²) in [6.07, 6.45) is 2.99. The molecule has 0 atom stereocenters. The van der Waals surface area contributed by atoms with E-state index in [1.807, 2.05) is 6.33 Å². The predicted octanol–water partition coefficient (Wildman–Crippen LogP) is 2.62. The minimum Gasteiger partial charge on any atom is -0.331 e. The fraction of sp³-hybridized carbons (Fsp3) is 0.364.